The molecule has 0 aliphatic rings. The lowest BCUT2D eigenvalue weighted by molar-refractivity contribution is 0.302. The largest absolute Gasteiger partial charge is 0.696 e. The van der Waals surface area contributed by atoms with E-state index >= 15 is 0 Å². The highest BCUT2D eigenvalue weighted by molar-refractivity contribution is 7.33. The summed E-state index contributed by atoms with van der Waals surface area (Å²) >= 11 is 9.81. The maximum Gasteiger partial charge on any atom is 0.696 e. The second-order valence-electron chi connectivity index (χ2n) is 0.690. The molecular formula is C2H8Cl2O3PSi+. The van der Waals surface area contributed by atoms with Gasteiger partial charge in [0, 0.05) is 4.57 Å². The molecule has 0 aromatic heterocycles. The minimum atomic E-state index is -1.83. The first-order chi connectivity index (χ1) is 4.22. The van der Waals surface area contributed by atoms with E-state index in [-0.39, 0.29) is 0 Å². The van der Waals surface area contributed by atoms with E-state index in [1.165, 1.54) is 14.2 Å². The lowest BCUT2D eigenvalue weighted by atomic mass is 11.8. The Bertz CT molecular complexity index is 66.8. The fourth-order valence-corrected chi connectivity index (χ4v) is 0.224. The zero-order valence-corrected chi connectivity index (χ0v) is 8.96. The van der Waals surface area contributed by atoms with Crippen LogP contribution in [-0.4, -0.2) is 22.4 Å². The zero-order chi connectivity index (χ0) is 7.70. The topological polar surface area (TPSA) is 35.5 Å². The summed E-state index contributed by atoms with van der Waals surface area (Å²) in [5, 5.41) is 0. The van der Waals surface area contributed by atoms with Gasteiger partial charge in [0.15, 0.2) is 0 Å². The van der Waals surface area contributed by atoms with Gasteiger partial charge >= 0.3 is 8.25 Å². The van der Waals surface area contributed by atoms with Crippen molar-refractivity contribution in [1.29, 1.82) is 0 Å². The molecule has 0 amide bonds. The molecular weight excluding hydrogens is 202 g/mol. The van der Waals surface area contributed by atoms with Crippen LogP contribution in [0.25, 0.3) is 0 Å². The third-order valence-electron chi connectivity index (χ3n) is 0.298. The van der Waals surface area contributed by atoms with E-state index in [2.05, 4.69) is 9.05 Å². The highest BCUT2D eigenvalue weighted by atomic mass is 35.7. The van der Waals surface area contributed by atoms with Gasteiger partial charge in [-0.15, -0.1) is 9.05 Å². The van der Waals surface area contributed by atoms with E-state index in [0.29, 0.717) is 0 Å². The Balaban J connectivity index is 0. The molecule has 0 aromatic carbocycles. The molecule has 0 aliphatic carbocycles. The first-order valence-corrected chi connectivity index (χ1v) is 7.27. The van der Waals surface area contributed by atoms with Gasteiger partial charge in [-0.25, -0.2) is 0 Å². The van der Waals surface area contributed by atoms with Crippen LogP contribution in [0.3, 0.4) is 0 Å². The number of halogens is 2. The third kappa shape index (κ3) is 17.7. The van der Waals surface area contributed by atoms with Crippen molar-refractivity contribution in [2.75, 3.05) is 14.2 Å². The average Bonchev–Trinajstić information content (AvgIpc) is 1.88. The summed E-state index contributed by atoms with van der Waals surface area (Å²) in [6, 6.07) is 0. The summed E-state index contributed by atoms with van der Waals surface area (Å²) in [7, 11) is 0.178. The Kier molecular flexibility index (Phi) is 16.1. The summed E-state index contributed by atoms with van der Waals surface area (Å²) in [5.74, 6) is 0. The molecule has 3 nitrogen and oxygen atoms in total. The van der Waals surface area contributed by atoms with Crippen LogP contribution in [0.15, 0.2) is 0 Å². The first-order valence-electron chi connectivity index (χ1n) is 1.90. The summed E-state index contributed by atoms with van der Waals surface area (Å²) < 4.78 is 18.3. The minimum Gasteiger partial charge on any atom is -0.155 e. The number of hydrogen-bond donors (Lipinski definition) is 0. The number of hydrogen-bond acceptors (Lipinski definition) is 3. The van der Waals surface area contributed by atoms with Crippen LogP contribution in [0.5, 0.6) is 0 Å². The van der Waals surface area contributed by atoms with E-state index in [4.69, 9.17) is 22.2 Å². The van der Waals surface area contributed by atoms with E-state index in [9.17, 15) is 4.57 Å². The summed E-state index contributed by atoms with van der Waals surface area (Å²) in [6.45, 7) is 0. The molecule has 9 heavy (non-hydrogen) atoms. The highest BCUT2D eigenvalue weighted by Gasteiger charge is 2.10. The molecule has 0 bridgehead atoms. The fourth-order valence-electron chi connectivity index (χ4n) is 0.0745. The quantitative estimate of drug-likeness (QED) is 0.392. The predicted octanol–water partition coefficient (Wildman–Crippen LogP) is 1.40. The van der Waals surface area contributed by atoms with Crippen LogP contribution in [0.1, 0.15) is 0 Å². The molecule has 0 atom stereocenters. The molecule has 7 heteroatoms. The van der Waals surface area contributed by atoms with Crippen LogP contribution in [0.2, 0.25) is 0 Å². The summed E-state index contributed by atoms with van der Waals surface area (Å²) in [6.07, 6.45) is 0. The van der Waals surface area contributed by atoms with Gasteiger partial charge in [0.05, 0.1) is 14.2 Å². The third-order valence-corrected chi connectivity index (χ3v) is 0.894. The second-order valence-corrected chi connectivity index (χ2v) is 4.49. The zero-order valence-electron chi connectivity index (χ0n) is 5.13. The molecule has 0 N–H and O–H groups in total. The van der Waals surface area contributed by atoms with E-state index in [0.717, 1.165) is 0 Å². The SMILES string of the molecule is CO[P+](=O)OC.Cl[SiH2]Cl. The molecule has 0 rings (SSSR count). The Morgan fingerprint density at radius 1 is 1.33 bits per heavy atom. The minimum absolute atomic E-state index is 0.639. The average molecular weight is 210 g/mol. The Morgan fingerprint density at radius 3 is 1.56 bits per heavy atom. The van der Waals surface area contributed by atoms with Crippen LogP contribution in [0.4, 0.5) is 0 Å². The normalized spacial score (nSPS) is 7.56. The van der Waals surface area contributed by atoms with Gasteiger partial charge in [-0.1, -0.05) is 0 Å². The van der Waals surface area contributed by atoms with Crippen molar-refractivity contribution in [3.05, 3.63) is 0 Å². The molecule has 0 saturated carbocycles. The molecule has 0 saturated heterocycles. The Morgan fingerprint density at radius 2 is 1.56 bits per heavy atom. The monoisotopic (exact) mass is 209 g/mol. The molecule has 0 spiro atoms. The van der Waals surface area contributed by atoms with Crippen LogP contribution < -0.4 is 0 Å². The van der Waals surface area contributed by atoms with Crippen molar-refractivity contribution >= 4 is 38.6 Å². The standard InChI is InChI=1S/C2H6O3P.Cl2H2Si/c1-4-6(3)5-2;1-3-2/h1-2H3;3H2/q+1;. The molecule has 0 heterocycles. The van der Waals surface area contributed by atoms with Crippen molar-refractivity contribution in [1.82, 2.24) is 0 Å². The van der Waals surface area contributed by atoms with Gasteiger partial charge in [0.25, 0.3) is 0 Å². The van der Waals surface area contributed by atoms with Gasteiger partial charge in [-0.2, -0.15) is 22.2 Å². The molecule has 0 aliphatic heterocycles. The molecule has 0 fully saturated rings. The maximum absolute atomic E-state index is 9.88. The van der Waals surface area contributed by atoms with E-state index < -0.39 is 16.4 Å². The van der Waals surface area contributed by atoms with E-state index in [1.54, 1.807) is 0 Å². The van der Waals surface area contributed by atoms with Crippen LogP contribution in [-0.2, 0) is 13.6 Å². The Labute approximate surface area is 66.8 Å². The van der Waals surface area contributed by atoms with E-state index in [1.807, 2.05) is 0 Å². The van der Waals surface area contributed by atoms with Crippen LogP contribution >= 0.6 is 30.4 Å². The molecule has 56 valence electrons. The van der Waals surface area contributed by atoms with Crippen molar-refractivity contribution < 1.29 is 13.6 Å². The molecule has 0 aromatic rings. The summed E-state index contributed by atoms with van der Waals surface area (Å²) in [5.41, 5.74) is 0. The van der Waals surface area contributed by atoms with Gasteiger partial charge in [-0.05, 0) is 0 Å². The van der Waals surface area contributed by atoms with Crippen molar-refractivity contribution in [2.24, 2.45) is 0 Å². The summed E-state index contributed by atoms with van der Waals surface area (Å²) in [4.78, 5) is 0. The maximum atomic E-state index is 9.88. The van der Waals surface area contributed by atoms with Crippen molar-refractivity contribution in [2.45, 2.75) is 0 Å². The Hall–Kier alpha value is 0.817. The predicted molar refractivity (Wildman–Crippen MR) is 41.9 cm³/mol. The molecule has 0 unspecified atom stereocenters. The fraction of sp³-hybridized carbons (Fsp3) is 1.00. The van der Waals surface area contributed by atoms with Gasteiger partial charge in [-0.3, -0.25) is 0 Å². The first kappa shape index (κ1) is 12.5. The van der Waals surface area contributed by atoms with Gasteiger partial charge < -0.3 is 0 Å². The highest BCUT2D eigenvalue weighted by Crippen LogP contribution is 2.18. The van der Waals surface area contributed by atoms with Gasteiger partial charge in [0.2, 0.25) is 8.14 Å². The molecule has 0 radical (unpaired) electrons. The number of rotatable bonds is 2. The second kappa shape index (κ2) is 11.6. The van der Waals surface area contributed by atoms with Crippen LogP contribution in [0, 0.1) is 0 Å². The lowest BCUT2D eigenvalue weighted by Gasteiger charge is -1.66. The smallest absolute Gasteiger partial charge is 0.155 e. The van der Waals surface area contributed by atoms with Crippen molar-refractivity contribution in [3.63, 3.8) is 0 Å². The lowest BCUT2D eigenvalue weighted by Crippen LogP contribution is -1.66. The van der Waals surface area contributed by atoms with Crippen molar-refractivity contribution in [3.8, 4) is 0 Å². The van der Waals surface area contributed by atoms with Gasteiger partial charge in [0.1, 0.15) is 0 Å².